The number of nitrogens with one attached hydrogen (secondary N) is 1. The molecule has 0 fully saturated rings. The van der Waals surface area contributed by atoms with Gasteiger partial charge in [0, 0.05) is 16.7 Å². The van der Waals surface area contributed by atoms with Gasteiger partial charge in [-0.05, 0) is 29.8 Å². The van der Waals surface area contributed by atoms with Crippen LogP contribution in [-0.2, 0) is 11.3 Å². The minimum Gasteiger partial charge on any atom is -0.488 e. The summed E-state index contributed by atoms with van der Waals surface area (Å²) in [6, 6.07) is 13.6. The Morgan fingerprint density at radius 2 is 1.92 bits per heavy atom. The zero-order valence-electron chi connectivity index (χ0n) is 12.9. The fraction of sp³-hybridized carbons (Fsp3) is 0.105. The van der Waals surface area contributed by atoms with Gasteiger partial charge in [0.15, 0.2) is 0 Å². The van der Waals surface area contributed by atoms with Gasteiger partial charge < -0.3 is 14.5 Å². The summed E-state index contributed by atoms with van der Waals surface area (Å²) in [5, 5.41) is 0. The van der Waals surface area contributed by atoms with Crippen LogP contribution in [0.5, 0.6) is 5.75 Å². The third-order valence-electron chi connectivity index (χ3n) is 4.15. The number of aromatic amines is 1. The Kier molecular flexibility index (Phi) is 3.34. The van der Waals surface area contributed by atoms with Crippen molar-refractivity contribution in [3.8, 4) is 28.1 Å². The molecule has 24 heavy (non-hydrogen) atoms. The zero-order chi connectivity index (χ0) is 16.7. The van der Waals surface area contributed by atoms with Gasteiger partial charge in [-0.15, -0.1) is 0 Å². The second-order valence-electron chi connectivity index (χ2n) is 5.51. The molecule has 0 amide bonds. The Morgan fingerprint density at radius 1 is 1.17 bits per heavy atom. The number of para-hydroxylation sites is 1. The number of halogens is 1. The van der Waals surface area contributed by atoms with E-state index in [1.807, 2.05) is 24.3 Å². The van der Waals surface area contributed by atoms with Gasteiger partial charge in [-0.3, -0.25) is 0 Å². The maximum Gasteiger partial charge on any atom is 0.355 e. The minimum absolute atomic E-state index is 0.326. The Morgan fingerprint density at radius 3 is 2.67 bits per heavy atom. The Labute approximate surface area is 137 Å². The first-order valence-corrected chi connectivity index (χ1v) is 7.50. The summed E-state index contributed by atoms with van der Waals surface area (Å²) in [7, 11) is 1.33. The molecule has 2 heterocycles. The average molecular weight is 323 g/mol. The van der Waals surface area contributed by atoms with E-state index >= 15 is 0 Å². The molecule has 1 aliphatic heterocycles. The lowest BCUT2D eigenvalue weighted by Crippen LogP contribution is -2.05. The molecule has 0 bridgehead atoms. The third-order valence-corrected chi connectivity index (χ3v) is 4.15. The molecule has 0 unspecified atom stereocenters. The number of methoxy groups -OCH3 is 1. The van der Waals surface area contributed by atoms with E-state index in [9.17, 15) is 9.18 Å². The molecule has 1 aliphatic rings. The first-order valence-electron chi connectivity index (χ1n) is 7.50. The van der Waals surface area contributed by atoms with E-state index in [1.165, 1.54) is 19.2 Å². The summed E-state index contributed by atoms with van der Waals surface area (Å²) in [6.07, 6.45) is 0. The van der Waals surface area contributed by atoms with Gasteiger partial charge in [-0.25, -0.2) is 9.18 Å². The van der Waals surface area contributed by atoms with Gasteiger partial charge in [-0.2, -0.15) is 0 Å². The van der Waals surface area contributed by atoms with Gasteiger partial charge in [0.2, 0.25) is 0 Å². The summed E-state index contributed by atoms with van der Waals surface area (Å²) in [6.45, 7) is 0.326. The van der Waals surface area contributed by atoms with Gasteiger partial charge in [0.1, 0.15) is 23.9 Å². The van der Waals surface area contributed by atoms with Crippen molar-refractivity contribution in [2.45, 2.75) is 6.61 Å². The number of ether oxygens (including phenoxy) is 2. The lowest BCUT2D eigenvalue weighted by Gasteiger charge is -2.18. The highest BCUT2D eigenvalue weighted by atomic mass is 19.1. The number of hydrogen-bond acceptors (Lipinski definition) is 3. The molecule has 3 aromatic rings. The lowest BCUT2D eigenvalue weighted by atomic mass is 9.96. The van der Waals surface area contributed by atoms with Crippen molar-refractivity contribution in [3.05, 3.63) is 65.6 Å². The molecule has 120 valence electrons. The Hall–Kier alpha value is -3.08. The molecule has 1 aromatic heterocycles. The number of carbonyl (C=O) groups excluding carboxylic acids is 1. The first kappa shape index (κ1) is 14.5. The number of aromatic nitrogens is 1. The molecule has 4 nitrogen and oxygen atoms in total. The van der Waals surface area contributed by atoms with Gasteiger partial charge >= 0.3 is 5.97 Å². The highest BCUT2D eigenvalue weighted by Gasteiger charge is 2.28. The fourth-order valence-electron chi connectivity index (χ4n) is 3.05. The van der Waals surface area contributed by atoms with E-state index in [0.717, 1.165) is 28.1 Å². The number of carbonyl (C=O) groups is 1. The van der Waals surface area contributed by atoms with Crippen LogP contribution < -0.4 is 4.74 Å². The van der Waals surface area contributed by atoms with Crippen molar-refractivity contribution in [3.63, 3.8) is 0 Å². The van der Waals surface area contributed by atoms with Crippen LogP contribution in [0.2, 0.25) is 0 Å². The maximum absolute atomic E-state index is 13.3. The van der Waals surface area contributed by atoms with Crippen molar-refractivity contribution < 1.29 is 18.7 Å². The predicted molar refractivity (Wildman–Crippen MR) is 87.3 cm³/mol. The van der Waals surface area contributed by atoms with Crippen LogP contribution >= 0.6 is 0 Å². The van der Waals surface area contributed by atoms with E-state index in [1.54, 1.807) is 12.1 Å². The largest absolute Gasteiger partial charge is 0.488 e. The molecule has 0 radical (unpaired) electrons. The van der Waals surface area contributed by atoms with Gasteiger partial charge in [0.25, 0.3) is 0 Å². The van der Waals surface area contributed by atoms with Crippen LogP contribution in [0.1, 0.15) is 16.1 Å². The van der Waals surface area contributed by atoms with Crippen LogP contribution in [0.4, 0.5) is 4.39 Å². The van der Waals surface area contributed by atoms with E-state index < -0.39 is 5.97 Å². The molecule has 0 aliphatic carbocycles. The predicted octanol–water partition coefficient (Wildman–Crippen LogP) is 4.17. The highest BCUT2D eigenvalue weighted by Crippen LogP contribution is 2.42. The molecular formula is C19H14FNO3. The van der Waals surface area contributed by atoms with Crippen molar-refractivity contribution in [1.82, 2.24) is 4.98 Å². The molecule has 0 spiro atoms. The van der Waals surface area contributed by atoms with Crippen LogP contribution in [0.25, 0.3) is 22.4 Å². The second-order valence-corrected chi connectivity index (χ2v) is 5.51. The summed E-state index contributed by atoms with van der Waals surface area (Å²) in [4.78, 5) is 15.4. The topological polar surface area (TPSA) is 51.3 Å². The van der Waals surface area contributed by atoms with Crippen molar-refractivity contribution in [2.24, 2.45) is 0 Å². The van der Waals surface area contributed by atoms with E-state index in [4.69, 9.17) is 9.47 Å². The van der Waals surface area contributed by atoms with Crippen molar-refractivity contribution in [1.29, 1.82) is 0 Å². The first-order chi connectivity index (χ1) is 11.7. The maximum atomic E-state index is 13.3. The number of benzene rings is 2. The Bertz CT molecular complexity index is 928. The standard InChI is InChI=1S/C19H14FNO3/c1-23-19(22)18-16(11-6-8-12(20)9-7-11)14-10-24-15-5-3-2-4-13(15)17(14)21-18/h2-9,21H,10H2,1H3. The van der Waals surface area contributed by atoms with Crippen molar-refractivity contribution >= 4 is 5.97 Å². The lowest BCUT2D eigenvalue weighted by molar-refractivity contribution is 0.0596. The molecule has 1 N–H and O–H groups in total. The molecule has 2 aromatic carbocycles. The number of fused-ring (bicyclic) bond motifs is 3. The normalized spacial score (nSPS) is 12.1. The highest BCUT2D eigenvalue weighted by molar-refractivity contribution is 5.99. The quantitative estimate of drug-likeness (QED) is 0.720. The van der Waals surface area contributed by atoms with Gasteiger partial charge in [0.05, 0.1) is 12.8 Å². The van der Waals surface area contributed by atoms with E-state index in [-0.39, 0.29) is 5.82 Å². The van der Waals surface area contributed by atoms with Crippen LogP contribution in [0.3, 0.4) is 0 Å². The van der Waals surface area contributed by atoms with Crippen LogP contribution in [0, 0.1) is 5.82 Å². The second kappa shape index (κ2) is 5.53. The molecule has 0 saturated carbocycles. The number of esters is 1. The van der Waals surface area contributed by atoms with Gasteiger partial charge in [-0.1, -0.05) is 24.3 Å². The third kappa shape index (κ3) is 2.17. The SMILES string of the molecule is COC(=O)c1[nH]c2c(c1-c1ccc(F)cc1)COc1ccccc1-2. The fourth-order valence-corrected chi connectivity index (χ4v) is 3.05. The molecule has 0 saturated heterocycles. The molecule has 0 atom stereocenters. The van der Waals surface area contributed by atoms with Crippen LogP contribution in [-0.4, -0.2) is 18.1 Å². The zero-order valence-corrected chi connectivity index (χ0v) is 12.9. The number of H-pyrrole nitrogens is 1. The summed E-state index contributed by atoms with van der Waals surface area (Å²) in [5.41, 5.74) is 4.34. The molecular weight excluding hydrogens is 309 g/mol. The average Bonchev–Trinajstić information content (AvgIpc) is 3.01. The van der Waals surface area contributed by atoms with Crippen LogP contribution in [0.15, 0.2) is 48.5 Å². The Balaban J connectivity index is 1.98. The number of hydrogen-bond donors (Lipinski definition) is 1. The van der Waals surface area contributed by atoms with Crippen molar-refractivity contribution in [2.75, 3.05) is 7.11 Å². The summed E-state index contributed by atoms with van der Waals surface area (Å²) in [5.74, 6) is -0.0427. The number of rotatable bonds is 2. The minimum atomic E-state index is -0.471. The molecule has 5 heteroatoms. The van der Waals surface area contributed by atoms with E-state index in [2.05, 4.69) is 4.98 Å². The summed E-state index contributed by atoms with van der Waals surface area (Å²) < 4.78 is 24.0. The smallest absolute Gasteiger partial charge is 0.355 e. The monoisotopic (exact) mass is 323 g/mol. The molecule has 4 rings (SSSR count). The van der Waals surface area contributed by atoms with E-state index in [0.29, 0.717) is 17.9 Å². The summed E-state index contributed by atoms with van der Waals surface area (Å²) >= 11 is 0.